The number of aliphatic hydroxyl groups is 4. The fourth-order valence-electron chi connectivity index (χ4n) is 5.80. The lowest BCUT2D eigenvalue weighted by atomic mass is 10.1. The molecule has 18 heteroatoms. The van der Waals surface area contributed by atoms with Crippen LogP contribution < -0.4 is 0 Å². The first-order valence-corrected chi connectivity index (χ1v) is 26.0. The Morgan fingerprint density at radius 3 is 1.70 bits per heavy atom. The highest BCUT2D eigenvalue weighted by molar-refractivity contribution is 7.47. The summed E-state index contributed by atoms with van der Waals surface area (Å²) in [5.74, 6) is -1.37. The van der Waals surface area contributed by atoms with Gasteiger partial charge in [0.2, 0.25) is 0 Å². The van der Waals surface area contributed by atoms with Gasteiger partial charge in [0.15, 0.2) is 6.10 Å². The highest BCUT2D eigenvalue weighted by Gasteiger charge is 2.28. The number of phosphoric ester groups is 2. The number of aliphatic hydroxyl groups excluding tert-OH is 4. The third kappa shape index (κ3) is 42.1. The topological polar surface area (TPSA) is 256 Å². The van der Waals surface area contributed by atoms with Gasteiger partial charge in [-0.25, -0.2) is 9.13 Å². The van der Waals surface area contributed by atoms with Crippen LogP contribution in [0.2, 0.25) is 0 Å². The van der Waals surface area contributed by atoms with Crippen molar-refractivity contribution in [2.45, 2.75) is 179 Å². The molecule has 7 N–H and O–H groups in total. The van der Waals surface area contributed by atoms with E-state index in [-0.39, 0.29) is 25.7 Å². The number of unbranched alkanes of at least 4 members (excludes halogenated alkanes) is 13. The van der Waals surface area contributed by atoms with Crippen LogP contribution in [0.5, 0.6) is 0 Å². The van der Waals surface area contributed by atoms with Crippen molar-refractivity contribution >= 4 is 27.6 Å². The van der Waals surface area contributed by atoms with Gasteiger partial charge in [0.25, 0.3) is 0 Å². The lowest BCUT2D eigenvalue weighted by Gasteiger charge is -2.20. The van der Waals surface area contributed by atoms with E-state index in [9.17, 15) is 44.0 Å². The zero-order valence-corrected chi connectivity index (χ0v) is 40.0. The van der Waals surface area contributed by atoms with E-state index in [4.69, 9.17) is 23.8 Å². The van der Waals surface area contributed by atoms with Gasteiger partial charge in [-0.05, 0) is 57.8 Å². The Balaban J connectivity index is 4.80. The molecular formula is C46H80O16P2. The molecule has 64 heavy (non-hydrogen) atoms. The van der Waals surface area contributed by atoms with Crippen LogP contribution in [0.25, 0.3) is 0 Å². The molecule has 0 amide bonds. The molecular weight excluding hydrogens is 870 g/mol. The molecule has 1 unspecified atom stereocenters. The minimum atomic E-state index is -4.91. The van der Waals surface area contributed by atoms with Gasteiger partial charge in [-0.3, -0.25) is 23.2 Å². The molecule has 370 valence electrons. The molecule has 0 aliphatic carbocycles. The van der Waals surface area contributed by atoms with E-state index in [1.165, 1.54) is 44.6 Å². The van der Waals surface area contributed by atoms with Crippen molar-refractivity contribution in [1.82, 2.24) is 0 Å². The molecule has 16 nitrogen and oxygen atoms in total. The van der Waals surface area contributed by atoms with E-state index in [1.54, 1.807) is 42.5 Å². The number of phosphoric acid groups is 2. The van der Waals surface area contributed by atoms with Crippen LogP contribution in [0, 0.1) is 0 Å². The maximum atomic E-state index is 12.7. The normalized spacial score (nSPS) is 16.1. The first-order valence-electron chi connectivity index (χ1n) is 23.0. The van der Waals surface area contributed by atoms with E-state index < -0.39 is 84.5 Å². The Kier molecular flexibility index (Phi) is 39.1. The van der Waals surface area contributed by atoms with E-state index in [0.29, 0.717) is 12.8 Å². The molecule has 0 aromatic heterocycles. The minimum absolute atomic E-state index is 0.0494. The van der Waals surface area contributed by atoms with Crippen molar-refractivity contribution in [1.29, 1.82) is 0 Å². The molecule has 0 fully saturated rings. The molecule has 0 aromatic carbocycles. The average molecular weight is 951 g/mol. The molecule has 0 bridgehead atoms. The number of rotatable bonds is 42. The van der Waals surface area contributed by atoms with Gasteiger partial charge in [0.05, 0.1) is 38.1 Å². The molecule has 0 aliphatic heterocycles. The number of carbonyl (C=O) groups excluding carboxylic acids is 2. The second-order valence-electron chi connectivity index (χ2n) is 15.5. The van der Waals surface area contributed by atoms with Crippen LogP contribution in [0.1, 0.15) is 149 Å². The van der Waals surface area contributed by atoms with E-state index >= 15 is 0 Å². The lowest BCUT2D eigenvalue weighted by molar-refractivity contribution is -0.161. The number of hydrogen-bond donors (Lipinski definition) is 7. The second kappa shape index (κ2) is 40.7. The van der Waals surface area contributed by atoms with Gasteiger partial charge in [0.1, 0.15) is 12.7 Å². The van der Waals surface area contributed by atoms with Crippen molar-refractivity contribution < 1.29 is 76.9 Å². The van der Waals surface area contributed by atoms with Crippen LogP contribution in [-0.2, 0) is 41.8 Å². The summed E-state index contributed by atoms with van der Waals surface area (Å²) in [6.07, 6.45) is 34.0. The van der Waals surface area contributed by atoms with Crippen molar-refractivity contribution in [3.8, 4) is 0 Å². The summed E-state index contributed by atoms with van der Waals surface area (Å²) in [6.45, 7) is 1.17. The fourth-order valence-corrected chi connectivity index (χ4v) is 6.96. The third-order valence-electron chi connectivity index (χ3n) is 9.41. The zero-order chi connectivity index (χ0) is 47.7. The largest absolute Gasteiger partial charge is 0.472 e. The van der Waals surface area contributed by atoms with E-state index in [0.717, 1.165) is 57.8 Å². The molecule has 0 radical (unpaired) electrons. The maximum Gasteiger partial charge on any atom is 0.472 e. The Morgan fingerprint density at radius 2 is 1.09 bits per heavy atom. The van der Waals surface area contributed by atoms with Crippen molar-refractivity contribution in [3.63, 3.8) is 0 Å². The fraction of sp³-hybridized carbons (Fsp3) is 0.696. The SMILES string of the molecule is CC/C=C\C[C@@H](O)/C=C/C=C/C=C\C=C/[C@H](O)[C@@H](O)CCCC(=O)OC[C@H](COP(=O)(O)OC[C@@H](O)COP(=O)(O)O)OC(=O)CCCCCCCCC/C=C\CCCCCCCC. The van der Waals surface area contributed by atoms with Gasteiger partial charge in [-0.1, -0.05) is 151 Å². The molecule has 0 aliphatic rings. The summed E-state index contributed by atoms with van der Waals surface area (Å²) in [6, 6.07) is 0. The smallest absolute Gasteiger partial charge is 0.462 e. The Hall–Kier alpha value is -2.56. The van der Waals surface area contributed by atoms with Gasteiger partial charge in [0, 0.05) is 12.8 Å². The van der Waals surface area contributed by atoms with Gasteiger partial charge in [-0.15, -0.1) is 0 Å². The maximum absolute atomic E-state index is 12.7. The Morgan fingerprint density at radius 1 is 0.562 bits per heavy atom. The van der Waals surface area contributed by atoms with Gasteiger partial charge < -0.3 is 44.6 Å². The minimum Gasteiger partial charge on any atom is -0.462 e. The van der Waals surface area contributed by atoms with Crippen LogP contribution in [-0.4, -0.2) is 104 Å². The summed E-state index contributed by atoms with van der Waals surface area (Å²) in [7, 11) is -9.80. The van der Waals surface area contributed by atoms with E-state index in [2.05, 4.69) is 28.1 Å². The molecule has 6 atom stereocenters. The van der Waals surface area contributed by atoms with Crippen LogP contribution in [0.3, 0.4) is 0 Å². The van der Waals surface area contributed by atoms with E-state index in [1.807, 2.05) is 19.1 Å². The standard InChI is InChI=1S/C46H80O16P2/c1-3-5-7-8-9-10-11-12-13-14-15-16-17-18-19-24-28-34-46(52)62-42(39-61-64(56,57)60-37-41(48)36-59-63(53,54)55)38-58-45(51)35-29-33-44(50)43(49)32-27-23-21-20-22-26-31-40(47)30-25-6-4-2/h6,12-13,20-23,25-27,31-32,40-44,47-50H,3-5,7-11,14-19,24,28-30,33-39H2,1-2H3,(H,56,57)(H2,53,54,55)/b13-12-,22-20+,23-21-,25-6-,31-26+,32-27-/t40-,41+,42-,43+,44+/m1/s1. The number of carbonyl (C=O) groups is 2. The molecule has 0 saturated carbocycles. The van der Waals surface area contributed by atoms with Crippen molar-refractivity contribution in [3.05, 3.63) is 72.9 Å². The van der Waals surface area contributed by atoms with Crippen LogP contribution in [0.15, 0.2) is 72.9 Å². The first-order chi connectivity index (χ1) is 30.6. The lowest BCUT2D eigenvalue weighted by Crippen LogP contribution is -2.30. The summed E-state index contributed by atoms with van der Waals surface area (Å²) < 4.78 is 47.6. The number of allylic oxidation sites excluding steroid dienone is 9. The summed E-state index contributed by atoms with van der Waals surface area (Å²) in [5, 5.41) is 40.2. The monoisotopic (exact) mass is 950 g/mol. The second-order valence-corrected chi connectivity index (χ2v) is 18.2. The highest BCUT2D eigenvalue weighted by atomic mass is 31.2. The molecule has 0 aromatic rings. The van der Waals surface area contributed by atoms with Crippen LogP contribution >= 0.6 is 15.6 Å². The highest BCUT2D eigenvalue weighted by Crippen LogP contribution is 2.43. The predicted octanol–water partition coefficient (Wildman–Crippen LogP) is 8.70. The zero-order valence-electron chi connectivity index (χ0n) is 38.2. The average Bonchev–Trinajstić information content (AvgIpc) is 3.24. The Labute approximate surface area is 382 Å². The summed E-state index contributed by atoms with van der Waals surface area (Å²) in [4.78, 5) is 52.8. The summed E-state index contributed by atoms with van der Waals surface area (Å²) in [5.41, 5.74) is 0. The molecule has 0 rings (SSSR count). The van der Waals surface area contributed by atoms with Crippen LogP contribution in [0.4, 0.5) is 0 Å². The Bertz CT molecular complexity index is 1460. The van der Waals surface area contributed by atoms with Gasteiger partial charge in [-0.2, -0.15) is 0 Å². The number of esters is 2. The molecule has 0 spiro atoms. The number of ether oxygens (including phenoxy) is 2. The molecule has 0 heterocycles. The quantitative estimate of drug-likeness (QED) is 0.00993. The number of hydrogen-bond acceptors (Lipinski definition) is 13. The molecule has 0 saturated heterocycles. The first kappa shape index (κ1) is 61.4. The van der Waals surface area contributed by atoms with Gasteiger partial charge >= 0.3 is 27.6 Å². The predicted molar refractivity (Wildman–Crippen MR) is 248 cm³/mol. The van der Waals surface area contributed by atoms with Crippen molar-refractivity contribution in [2.24, 2.45) is 0 Å². The summed E-state index contributed by atoms with van der Waals surface area (Å²) >= 11 is 0. The third-order valence-corrected chi connectivity index (χ3v) is 10.8. The van der Waals surface area contributed by atoms with Crippen molar-refractivity contribution in [2.75, 3.05) is 26.4 Å².